The largest absolute Gasteiger partial charge is 0.338 e. The Labute approximate surface area is 113 Å². The van der Waals surface area contributed by atoms with Gasteiger partial charge in [0.25, 0.3) is 5.91 Å². The van der Waals surface area contributed by atoms with Crippen LogP contribution in [0.15, 0.2) is 30.5 Å². The fraction of sp³-hybridized carbons (Fsp3) is 0. The zero-order valence-corrected chi connectivity index (χ0v) is 10.5. The number of amides is 1. The van der Waals surface area contributed by atoms with Crippen LogP contribution in [0.5, 0.6) is 0 Å². The maximum atomic E-state index is 12.0. The third-order valence-electron chi connectivity index (χ3n) is 2.61. The van der Waals surface area contributed by atoms with Crippen molar-refractivity contribution in [2.75, 3.05) is 10.6 Å². The van der Waals surface area contributed by atoms with Crippen LogP contribution >= 0.6 is 23.2 Å². The third kappa shape index (κ3) is 1.79. The minimum Gasteiger partial charge on any atom is -0.338 e. The number of carbonyl (C=O) groups excluding carboxylic acids is 1. The summed E-state index contributed by atoms with van der Waals surface area (Å²) in [6.45, 7) is 0. The first kappa shape index (κ1) is 11.3. The maximum absolute atomic E-state index is 12.0. The van der Waals surface area contributed by atoms with E-state index in [0.717, 1.165) is 0 Å². The van der Waals surface area contributed by atoms with E-state index in [1.165, 1.54) is 0 Å². The zero-order chi connectivity index (χ0) is 12.7. The Morgan fingerprint density at radius 1 is 1.06 bits per heavy atom. The molecule has 90 valence electrons. The number of rotatable bonds is 0. The predicted molar refractivity (Wildman–Crippen MR) is 71.9 cm³/mol. The second kappa shape index (κ2) is 4.15. The first-order chi connectivity index (χ1) is 8.65. The monoisotopic (exact) mass is 279 g/mol. The number of pyridine rings is 1. The summed E-state index contributed by atoms with van der Waals surface area (Å²) in [5, 5.41) is 6.63. The lowest BCUT2D eigenvalue weighted by molar-refractivity contribution is 0.102. The molecular formula is C12H7Cl2N3O. The molecule has 0 saturated heterocycles. The van der Waals surface area contributed by atoms with Crippen LogP contribution in [0, 0.1) is 0 Å². The van der Waals surface area contributed by atoms with Gasteiger partial charge in [0.2, 0.25) is 0 Å². The normalized spacial score (nSPS) is 12.9. The number of benzene rings is 1. The molecule has 0 atom stereocenters. The predicted octanol–water partition coefficient (Wildman–Crippen LogP) is 3.70. The molecule has 0 spiro atoms. The quantitative estimate of drug-likeness (QED) is 0.773. The zero-order valence-electron chi connectivity index (χ0n) is 9.00. The molecule has 2 heterocycles. The number of nitrogens with one attached hydrogen (secondary N) is 2. The van der Waals surface area contributed by atoms with Gasteiger partial charge in [0.1, 0.15) is 5.82 Å². The molecule has 2 aromatic rings. The summed E-state index contributed by atoms with van der Waals surface area (Å²) in [5.41, 5.74) is 1.71. The molecule has 0 radical (unpaired) electrons. The highest BCUT2D eigenvalue weighted by Crippen LogP contribution is 2.36. The van der Waals surface area contributed by atoms with Crippen molar-refractivity contribution >= 4 is 46.3 Å². The van der Waals surface area contributed by atoms with Crippen molar-refractivity contribution in [1.82, 2.24) is 4.98 Å². The Morgan fingerprint density at radius 3 is 2.44 bits per heavy atom. The lowest BCUT2D eigenvalue weighted by Crippen LogP contribution is -2.10. The number of fused-ring (bicyclic) bond motifs is 2. The number of hydrogen-bond donors (Lipinski definition) is 2. The molecular weight excluding hydrogens is 273 g/mol. The third-order valence-corrected chi connectivity index (χ3v) is 3.34. The van der Waals surface area contributed by atoms with E-state index in [1.54, 1.807) is 30.5 Å². The SMILES string of the molecule is O=C1Nc2cc(Cl)c(Cl)cc2Nc2ncccc21. The van der Waals surface area contributed by atoms with Crippen LogP contribution < -0.4 is 10.6 Å². The van der Waals surface area contributed by atoms with E-state index < -0.39 is 0 Å². The van der Waals surface area contributed by atoms with E-state index in [4.69, 9.17) is 23.2 Å². The van der Waals surface area contributed by atoms with Gasteiger partial charge in [-0.2, -0.15) is 0 Å². The van der Waals surface area contributed by atoms with Crippen LogP contribution in [-0.4, -0.2) is 10.9 Å². The molecule has 1 amide bonds. The van der Waals surface area contributed by atoms with Crippen LogP contribution in [0.2, 0.25) is 10.0 Å². The Bertz CT molecular complexity index is 658. The van der Waals surface area contributed by atoms with Gasteiger partial charge in [-0.05, 0) is 24.3 Å². The molecule has 0 fully saturated rings. The molecule has 1 aliphatic heterocycles. The Morgan fingerprint density at radius 2 is 1.72 bits per heavy atom. The van der Waals surface area contributed by atoms with Crippen LogP contribution in [-0.2, 0) is 0 Å². The lowest BCUT2D eigenvalue weighted by Gasteiger charge is -2.09. The van der Waals surface area contributed by atoms with Crippen LogP contribution in [0.4, 0.5) is 17.2 Å². The number of halogens is 2. The van der Waals surface area contributed by atoms with Crippen molar-refractivity contribution in [2.45, 2.75) is 0 Å². The van der Waals surface area contributed by atoms with E-state index in [1.807, 2.05) is 0 Å². The molecule has 18 heavy (non-hydrogen) atoms. The number of hydrogen-bond acceptors (Lipinski definition) is 3. The number of anilines is 3. The van der Waals surface area contributed by atoms with Crippen LogP contribution in [0.3, 0.4) is 0 Å². The van der Waals surface area contributed by atoms with E-state index in [2.05, 4.69) is 15.6 Å². The molecule has 1 aromatic carbocycles. The molecule has 6 heteroatoms. The van der Waals surface area contributed by atoms with Gasteiger partial charge >= 0.3 is 0 Å². The minimum atomic E-state index is -0.234. The van der Waals surface area contributed by atoms with Gasteiger partial charge in [-0.3, -0.25) is 4.79 Å². The Kier molecular flexibility index (Phi) is 2.61. The van der Waals surface area contributed by atoms with Crippen molar-refractivity contribution < 1.29 is 4.79 Å². The van der Waals surface area contributed by atoms with E-state index in [9.17, 15) is 4.79 Å². The summed E-state index contributed by atoms with van der Waals surface area (Å²) < 4.78 is 0. The number of nitrogens with zero attached hydrogens (tertiary/aromatic N) is 1. The second-order valence-corrected chi connectivity index (χ2v) is 4.60. The second-order valence-electron chi connectivity index (χ2n) is 3.79. The van der Waals surface area contributed by atoms with Gasteiger partial charge in [-0.25, -0.2) is 4.98 Å². The van der Waals surface area contributed by atoms with Crippen molar-refractivity contribution in [1.29, 1.82) is 0 Å². The minimum absolute atomic E-state index is 0.234. The molecule has 4 nitrogen and oxygen atoms in total. The maximum Gasteiger partial charge on any atom is 0.259 e. The van der Waals surface area contributed by atoms with E-state index >= 15 is 0 Å². The highest BCUT2D eigenvalue weighted by molar-refractivity contribution is 6.42. The Hall–Kier alpha value is -1.78. The summed E-state index contributed by atoms with van der Waals surface area (Å²) in [4.78, 5) is 16.1. The van der Waals surface area contributed by atoms with Gasteiger partial charge in [0.05, 0.1) is 27.0 Å². The molecule has 0 aliphatic carbocycles. The average molecular weight is 280 g/mol. The van der Waals surface area contributed by atoms with Gasteiger partial charge in [-0.15, -0.1) is 0 Å². The van der Waals surface area contributed by atoms with Crippen molar-refractivity contribution in [3.63, 3.8) is 0 Å². The molecule has 0 unspecified atom stereocenters. The average Bonchev–Trinajstić information content (AvgIpc) is 2.48. The highest BCUT2D eigenvalue weighted by Gasteiger charge is 2.20. The summed E-state index contributed by atoms with van der Waals surface area (Å²) in [5.74, 6) is 0.259. The van der Waals surface area contributed by atoms with Gasteiger partial charge in [0, 0.05) is 6.20 Å². The van der Waals surface area contributed by atoms with E-state index in [0.29, 0.717) is 32.8 Å². The summed E-state index contributed by atoms with van der Waals surface area (Å²) >= 11 is 11.9. The number of carbonyl (C=O) groups is 1. The molecule has 0 bridgehead atoms. The number of aromatic nitrogens is 1. The molecule has 1 aliphatic rings. The molecule has 3 rings (SSSR count). The van der Waals surface area contributed by atoms with Crippen molar-refractivity contribution in [3.8, 4) is 0 Å². The topological polar surface area (TPSA) is 54.0 Å². The van der Waals surface area contributed by atoms with Gasteiger partial charge < -0.3 is 10.6 Å². The highest BCUT2D eigenvalue weighted by atomic mass is 35.5. The molecule has 1 aromatic heterocycles. The summed E-state index contributed by atoms with van der Waals surface area (Å²) in [6, 6.07) is 6.66. The van der Waals surface area contributed by atoms with Gasteiger partial charge in [0.15, 0.2) is 0 Å². The standard InChI is InChI=1S/C12H7Cl2N3O/c13-7-4-9-10(5-8(7)14)17-12(18)6-2-1-3-15-11(6)16-9/h1-5H,(H,15,16)(H,17,18). The van der Waals surface area contributed by atoms with Crippen LogP contribution in [0.25, 0.3) is 0 Å². The molecule has 2 N–H and O–H groups in total. The van der Waals surface area contributed by atoms with Crippen molar-refractivity contribution in [3.05, 3.63) is 46.1 Å². The lowest BCUT2D eigenvalue weighted by atomic mass is 10.2. The smallest absolute Gasteiger partial charge is 0.259 e. The van der Waals surface area contributed by atoms with E-state index in [-0.39, 0.29) is 5.91 Å². The fourth-order valence-electron chi connectivity index (χ4n) is 1.76. The fourth-order valence-corrected chi connectivity index (χ4v) is 2.09. The summed E-state index contributed by atoms with van der Waals surface area (Å²) in [6.07, 6.45) is 1.61. The summed E-state index contributed by atoms with van der Waals surface area (Å²) in [7, 11) is 0. The van der Waals surface area contributed by atoms with Crippen molar-refractivity contribution in [2.24, 2.45) is 0 Å². The van der Waals surface area contributed by atoms with Crippen LogP contribution in [0.1, 0.15) is 10.4 Å². The molecule has 0 saturated carbocycles. The van der Waals surface area contributed by atoms with Gasteiger partial charge in [-0.1, -0.05) is 23.2 Å². The first-order valence-electron chi connectivity index (χ1n) is 5.17. The first-order valence-corrected chi connectivity index (χ1v) is 5.93. The Balaban J connectivity index is 2.18.